The van der Waals surface area contributed by atoms with E-state index in [1.165, 1.54) is 25.2 Å². The summed E-state index contributed by atoms with van der Waals surface area (Å²) in [5.74, 6) is -0.294. The molecule has 3 atom stereocenters. The Kier molecular flexibility index (Phi) is 4.30. The monoisotopic (exact) mass is 282 g/mol. The molecule has 2 saturated carbocycles. The molecule has 6 nitrogen and oxygen atoms in total. The van der Waals surface area contributed by atoms with E-state index >= 15 is 0 Å². The third-order valence-corrected chi connectivity index (χ3v) is 4.53. The highest BCUT2D eigenvalue weighted by molar-refractivity contribution is 5.87. The topological polar surface area (TPSA) is 86.7 Å². The van der Waals surface area contributed by atoms with Crippen LogP contribution in [0.4, 0.5) is 0 Å². The molecule has 2 aliphatic rings. The number of nitrogens with zero attached hydrogens (tertiary/aromatic N) is 1. The highest BCUT2D eigenvalue weighted by Gasteiger charge is 2.57. The van der Waals surface area contributed by atoms with Crippen LogP contribution in [0.1, 0.15) is 33.1 Å². The van der Waals surface area contributed by atoms with Gasteiger partial charge in [0.15, 0.2) is 0 Å². The summed E-state index contributed by atoms with van der Waals surface area (Å²) >= 11 is 0. The summed E-state index contributed by atoms with van der Waals surface area (Å²) in [5.41, 5.74) is 0. The molecule has 2 rings (SSSR count). The maximum absolute atomic E-state index is 12.5. The molecule has 0 saturated heterocycles. The zero-order chi connectivity index (χ0) is 14.9. The van der Waals surface area contributed by atoms with Gasteiger partial charge in [-0.1, -0.05) is 6.42 Å². The van der Waals surface area contributed by atoms with Gasteiger partial charge in [-0.15, -0.1) is 0 Å². The molecule has 20 heavy (non-hydrogen) atoms. The number of hydrogen-bond donors (Lipinski definition) is 2. The Balaban J connectivity index is 1.96. The minimum Gasteiger partial charge on any atom is -0.480 e. The van der Waals surface area contributed by atoms with Gasteiger partial charge in [-0.3, -0.25) is 9.59 Å². The molecule has 0 aliphatic heterocycles. The Morgan fingerprint density at radius 1 is 1.30 bits per heavy atom. The fourth-order valence-electron chi connectivity index (χ4n) is 3.36. The standard InChI is InChI=1S/C14H22N2O4/c1-8(14(19)20)16(7-6-15-9(2)17)13(18)12-10-4-3-5-11(10)12/h8,10-12H,3-7H2,1-2H3,(H,15,17)(H,19,20). The van der Waals surface area contributed by atoms with Gasteiger partial charge in [0, 0.05) is 25.9 Å². The fourth-order valence-corrected chi connectivity index (χ4v) is 3.36. The molecule has 2 fully saturated rings. The first kappa shape index (κ1) is 14.8. The van der Waals surface area contributed by atoms with Gasteiger partial charge in [0.2, 0.25) is 11.8 Å². The van der Waals surface area contributed by atoms with E-state index in [1.54, 1.807) is 0 Å². The van der Waals surface area contributed by atoms with Crippen molar-refractivity contribution < 1.29 is 19.5 Å². The summed E-state index contributed by atoms with van der Waals surface area (Å²) in [6.07, 6.45) is 3.35. The van der Waals surface area contributed by atoms with E-state index in [4.69, 9.17) is 5.11 Å². The molecule has 112 valence electrons. The second-order valence-corrected chi connectivity index (χ2v) is 5.81. The van der Waals surface area contributed by atoms with Gasteiger partial charge in [-0.2, -0.15) is 0 Å². The highest BCUT2D eigenvalue weighted by atomic mass is 16.4. The van der Waals surface area contributed by atoms with Crippen LogP contribution in [0, 0.1) is 17.8 Å². The predicted molar refractivity (Wildman–Crippen MR) is 71.8 cm³/mol. The molecular weight excluding hydrogens is 260 g/mol. The van der Waals surface area contributed by atoms with Crippen LogP contribution in [0.25, 0.3) is 0 Å². The first-order chi connectivity index (χ1) is 9.43. The molecule has 3 unspecified atom stereocenters. The number of hydrogen-bond acceptors (Lipinski definition) is 3. The van der Waals surface area contributed by atoms with Gasteiger partial charge in [0.25, 0.3) is 0 Å². The lowest BCUT2D eigenvalue weighted by molar-refractivity contribution is -0.150. The van der Waals surface area contributed by atoms with E-state index < -0.39 is 12.0 Å². The summed E-state index contributed by atoms with van der Waals surface area (Å²) in [5, 5.41) is 11.7. The molecule has 0 radical (unpaired) electrons. The summed E-state index contributed by atoms with van der Waals surface area (Å²) < 4.78 is 0. The normalized spacial score (nSPS) is 28.4. The van der Waals surface area contributed by atoms with E-state index in [-0.39, 0.29) is 24.3 Å². The predicted octanol–water partition coefficient (Wildman–Crippen LogP) is 0.470. The maximum atomic E-state index is 12.5. The second-order valence-electron chi connectivity index (χ2n) is 5.81. The van der Waals surface area contributed by atoms with Gasteiger partial charge in [-0.05, 0) is 31.6 Å². The maximum Gasteiger partial charge on any atom is 0.326 e. The average Bonchev–Trinajstić information content (AvgIpc) is 2.86. The minimum atomic E-state index is -1.01. The molecule has 0 spiro atoms. The van der Waals surface area contributed by atoms with E-state index in [2.05, 4.69) is 5.32 Å². The summed E-state index contributed by atoms with van der Waals surface area (Å²) in [6.45, 7) is 3.47. The molecule has 0 aromatic rings. The van der Waals surface area contributed by atoms with Crippen LogP contribution < -0.4 is 5.32 Å². The number of carbonyl (C=O) groups is 3. The van der Waals surface area contributed by atoms with Gasteiger partial charge in [-0.25, -0.2) is 4.79 Å². The lowest BCUT2D eigenvalue weighted by Crippen LogP contribution is -2.47. The van der Waals surface area contributed by atoms with Gasteiger partial charge in [0.1, 0.15) is 6.04 Å². The van der Waals surface area contributed by atoms with Crippen molar-refractivity contribution in [2.75, 3.05) is 13.1 Å². The summed E-state index contributed by atoms with van der Waals surface area (Å²) in [4.78, 5) is 35.9. The number of aliphatic carboxylic acids is 1. The summed E-state index contributed by atoms with van der Waals surface area (Å²) in [7, 11) is 0. The zero-order valence-electron chi connectivity index (χ0n) is 12.0. The van der Waals surface area contributed by atoms with E-state index in [9.17, 15) is 14.4 Å². The van der Waals surface area contributed by atoms with Gasteiger partial charge >= 0.3 is 5.97 Å². The van der Waals surface area contributed by atoms with Crippen LogP contribution in [0.3, 0.4) is 0 Å². The number of nitrogens with one attached hydrogen (secondary N) is 1. The lowest BCUT2D eigenvalue weighted by atomic mass is 10.1. The van der Waals surface area contributed by atoms with Crippen molar-refractivity contribution in [2.45, 2.75) is 39.2 Å². The van der Waals surface area contributed by atoms with Crippen LogP contribution in [-0.4, -0.2) is 46.9 Å². The van der Waals surface area contributed by atoms with Crippen LogP contribution in [0.15, 0.2) is 0 Å². The molecular formula is C14H22N2O4. The third kappa shape index (κ3) is 2.94. The van der Waals surface area contributed by atoms with Crippen molar-refractivity contribution >= 4 is 17.8 Å². The number of carboxylic acids is 1. The van der Waals surface area contributed by atoms with Crippen LogP contribution in [0.2, 0.25) is 0 Å². The number of fused-ring (bicyclic) bond motifs is 1. The van der Waals surface area contributed by atoms with Crippen molar-refractivity contribution in [1.82, 2.24) is 10.2 Å². The van der Waals surface area contributed by atoms with Crippen LogP contribution in [-0.2, 0) is 14.4 Å². The lowest BCUT2D eigenvalue weighted by Gasteiger charge is -2.27. The van der Waals surface area contributed by atoms with Crippen molar-refractivity contribution in [2.24, 2.45) is 17.8 Å². The van der Waals surface area contributed by atoms with E-state index in [1.807, 2.05) is 0 Å². The Labute approximate surface area is 118 Å². The second kappa shape index (κ2) is 5.81. The average molecular weight is 282 g/mol. The molecule has 0 heterocycles. The Hall–Kier alpha value is -1.59. The fraction of sp³-hybridized carbons (Fsp3) is 0.786. The number of carboxylic acid groups (broad SMARTS) is 1. The van der Waals surface area contributed by atoms with E-state index in [0.29, 0.717) is 18.4 Å². The third-order valence-electron chi connectivity index (χ3n) is 4.53. The van der Waals surface area contributed by atoms with Crippen molar-refractivity contribution in [3.05, 3.63) is 0 Å². The molecule has 2 N–H and O–H groups in total. The van der Waals surface area contributed by atoms with Crippen molar-refractivity contribution in [1.29, 1.82) is 0 Å². The smallest absolute Gasteiger partial charge is 0.326 e. The minimum absolute atomic E-state index is 0.0166. The highest BCUT2D eigenvalue weighted by Crippen LogP contribution is 2.58. The number of rotatable bonds is 6. The Morgan fingerprint density at radius 2 is 1.90 bits per heavy atom. The molecule has 2 aliphatic carbocycles. The Bertz CT molecular complexity index is 413. The molecule has 0 aromatic carbocycles. The SMILES string of the molecule is CC(=O)NCCN(C(=O)C1C2CCCC21)C(C)C(=O)O. The number of carbonyl (C=O) groups excluding carboxylic acids is 2. The molecule has 0 aromatic heterocycles. The van der Waals surface area contributed by atoms with E-state index in [0.717, 1.165) is 12.8 Å². The van der Waals surface area contributed by atoms with Crippen LogP contribution >= 0.6 is 0 Å². The van der Waals surface area contributed by atoms with Gasteiger partial charge in [0.05, 0.1) is 0 Å². The first-order valence-corrected chi connectivity index (χ1v) is 7.21. The Morgan fingerprint density at radius 3 is 2.40 bits per heavy atom. The first-order valence-electron chi connectivity index (χ1n) is 7.21. The molecule has 0 bridgehead atoms. The zero-order valence-corrected chi connectivity index (χ0v) is 12.0. The molecule has 6 heteroatoms. The van der Waals surface area contributed by atoms with Crippen LogP contribution in [0.5, 0.6) is 0 Å². The van der Waals surface area contributed by atoms with Crippen molar-refractivity contribution in [3.63, 3.8) is 0 Å². The largest absolute Gasteiger partial charge is 0.480 e. The molecule has 2 amide bonds. The quantitative estimate of drug-likeness (QED) is 0.741. The summed E-state index contributed by atoms with van der Waals surface area (Å²) in [6, 6.07) is -0.849. The van der Waals surface area contributed by atoms with Gasteiger partial charge < -0.3 is 15.3 Å². The number of amides is 2. The van der Waals surface area contributed by atoms with Crippen molar-refractivity contribution in [3.8, 4) is 0 Å².